The first-order valence-electron chi connectivity index (χ1n) is 4.81. The topological polar surface area (TPSA) is 149 Å². The zero-order valence-electron chi connectivity index (χ0n) is 8.98. The molecule has 0 saturated carbocycles. The van der Waals surface area contributed by atoms with E-state index in [-0.39, 0.29) is 0 Å². The molecule has 1 heterocycles. The standard InChI is InChI=1S/C8H15NO8/c1-3(11)8(9-17-15)6(13)5(12)4(2-10)16-7(8)14/h4-7,9-10,12-15H,2H2,1H3/t4-,5-,6+,7-,8-/m1/s1. The molecule has 0 spiro atoms. The number of Topliss-reactive ketones (excluding diaryl/α,β-unsaturated/α-hetero) is 1. The molecule has 0 bridgehead atoms. The molecule has 0 aliphatic carbocycles. The van der Waals surface area contributed by atoms with Gasteiger partial charge in [-0.3, -0.25) is 4.79 Å². The minimum absolute atomic E-state index is 0.663. The van der Waals surface area contributed by atoms with Crippen molar-refractivity contribution in [2.45, 2.75) is 37.1 Å². The molecule has 6 N–H and O–H groups in total. The third-order valence-electron chi connectivity index (χ3n) is 2.84. The Kier molecular flexibility index (Phi) is 4.52. The van der Waals surface area contributed by atoms with Crippen LogP contribution < -0.4 is 5.48 Å². The number of rotatable bonds is 4. The summed E-state index contributed by atoms with van der Waals surface area (Å²) in [5.41, 5.74) is -0.525. The number of ketones is 1. The Balaban J connectivity index is 3.08. The normalized spacial score (nSPS) is 42.5. The minimum Gasteiger partial charge on any atom is -0.394 e. The number of hydroxylamine groups is 1. The fraction of sp³-hybridized carbons (Fsp3) is 0.875. The number of carbonyl (C=O) groups excluding carboxylic acids is 1. The van der Waals surface area contributed by atoms with Crippen LogP contribution in [-0.4, -0.2) is 68.2 Å². The van der Waals surface area contributed by atoms with E-state index in [1.54, 1.807) is 5.48 Å². The molecule has 5 atom stereocenters. The zero-order chi connectivity index (χ0) is 13.2. The molecule has 0 radical (unpaired) electrons. The molecule has 0 unspecified atom stereocenters. The fourth-order valence-electron chi connectivity index (χ4n) is 1.76. The average molecular weight is 253 g/mol. The predicted molar refractivity (Wildman–Crippen MR) is 50.2 cm³/mol. The number of hydrogen-bond acceptors (Lipinski definition) is 9. The van der Waals surface area contributed by atoms with Gasteiger partial charge < -0.3 is 25.2 Å². The van der Waals surface area contributed by atoms with Crippen molar-refractivity contribution in [1.29, 1.82) is 0 Å². The monoisotopic (exact) mass is 253 g/mol. The van der Waals surface area contributed by atoms with Crippen LogP contribution in [0, 0.1) is 0 Å². The number of hydrogen-bond donors (Lipinski definition) is 6. The molecule has 0 aromatic rings. The van der Waals surface area contributed by atoms with E-state index in [9.17, 15) is 20.1 Å². The maximum absolute atomic E-state index is 11.4. The molecular formula is C8H15NO8. The maximum atomic E-state index is 11.4. The lowest BCUT2D eigenvalue weighted by atomic mass is 9.81. The molecule has 0 amide bonds. The highest BCUT2D eigenvalue weighted by molar-refractivity contribution is 5.87. The summed E-state index contributed by atoms with van der Waals surface area (Å²) in [6.45, 7) is 0.330. The van der Waals surface area contributed by atoms with E-state index < -0.39 is 42.5 Å². The maximum Gasteiger partial charge on any atom is 0.185 e. The van der Waals surface area contributed by atoms with Crippen LogP contribution in [0.25, 0.3) is 0 Å². The summed E-state index contributed by atoms with van der Waals surface area (Å²) < 4.78 is 4.77. The molecule has 1 aliphatic rings. The van der Waals surface area contributed by atoms with Gasteiger partial charge in [-0.2, -0.15) is 0 Å². The second-order valence-corrected chi connectivity index (χ2v) is 3.76. The van der Waals surface area contributed by atoms with Crippen molar-refractivity contribution in [3.05, 3.63) is 0 Å². The number of nitrogens with one attached hydrogen (secondary N) is 1. The second kappa shape index (κ2) is 5.33. The summed E-state index contributed by atoms with van der Waals surface area (Å²) in [5, 5.41) is 46.2. The van der Waals surface area contributed by atoms with Crippen molar-refractivity contribution in [3.63, 3.8) is 0 Å². The molecule has 9 nitrogen and oxygen atoms in total. The van der Waals surface area contributed by atoms with E-state index >= 15 is 0 Å². The highest BCUT2D eigenvalue weighted by atomic mass is 17.2. The zero-order valence-corrected chi connectivity index (χ0v) is 8.98. The first kappa shape index (κ1) is 14.4. The van der Waals surface area contributed by atoms with Crippen LogP contribution in [0.1, 0.15) is 6.92 Å². The second-order valence-electron chi connectivity index (χ2n) is 3.76. The Morgan fingerprint density at radius 3 is 2.47 bits per heavy atom. The summed E-state index contributed by atoms with van der Waals surface area (Å²) >= 11 is 0. The van der Waals surface area contributed by atoms with Crippen LogP contribution >= 0.6 is 0 Å². The fourth-order valence-corrected chi connectivity index (χ4v) is 1.76. The largest absolute Gasteiger partial charge is 0.394 e. The van der Waals surface area contributed by atoms with Crippen molar-refractivity contribution >= 4 is 5.78 Å². The first-order chi connectivity index (χ1) is 7.91. The van der Waals surface area contributed by atoms with Gasteiger partial charge in [0, 0.05) is 0 Å². The Labute approximate surface area is 96.1 Å². The molecule has 0 aromatic carbocycles. The van der Waals surface area contributed by atoms with E-state index in [1.807, 2.05) is 0 Å². The lowest BCUT2D eigenvalue weighted by Gasteiger charge is -2.46. The molecular weight excluding hydrogens is 238 g/mol. The molecule has 1 aliphatic heterocycles. The predicted octanol–water partition coefficient (Wildman–Crippen LogP) is -3.26. The van der Waals surface area contributed by atoms with Crippen molar-refractivity contribution < 1.29 is 40.2 Å². The van der Waals surface area contributed by atoms with Crippen LogP contribution in [0.15, 0.2) is 0 Å². The molecule has 0 aromatic heterocycles. The molecule has 9 heteroatoms. The van der Waals surface area contributed by atoms with Crippen molar-refractivity contribution in [2.24, 2.45) is 0 Å². The van der Waals surface area contributed by atoms with E-state index in [1.165, 1.54) is 0 Å². The number of ether oxygens (including phenoxy) is 1. The van der Waals surface area contributed by atoms with Crippen LogP contribution in [0.5, 0.6) is 0 Å². The summed E-state index contributed by atoms with van der Waals surface area (Å²) in [4.78, 5) is 15.0. The minimum atomic E-state index is -2.24. The summed E-state index contributed by atoms with van der Waals surface area (Å²) in [6.07, 6.45) is -6.65. The SMILES string of the molecule is CC(=O)[C@]1(NOO)[C@H](O)O[C@H](CO)[C@@H](O)[C@@H]1O. The first-order valence-corrected chi connectivity index (χ1v) is 4.81. The van der Waals surface area contributed by atoms with Crippen molar-refractivity contribution in [3.8, 4) is 0 Å². The Hall–Kier alpha value is -0.650. The van der Waals surface area contributed by atoms with Gasteiger partial charge in [-0.25, -0.2) is 5.26 Å². The number of aliphatic hydroxyl groups excluding tert-OH is 4. The van der Waals surface area contributed by atoms with Crippen LogP contribution in [0.3, 0.4) is 0 Å². The van der Waals surface area contributed by atoms with Crippen LogP contribution in [0.4, 0.5) is 0 Å². The van der Waals surface area contributed by atoms with Gasteiger partial charge in [0.2, 0.25) is 0 Å². The van der Waals surface area contributed by atoms with Crippen LogP contribution in [0.2, 0.25) is 0 Å². The average Bonchev–Trinajstić information content (AvgIpc) is 2.28. The summed E-state index contributed by atoms with van der Waals surface area (Å²) in [7, 11) is 0. The van der Waals surface area contributed by atoms with Gasteiger partial charge in [0.1, 0.15) is 18.3 Å². The highest BCUT2D eigenvalue weighted by Crippen LogP contribution is 2.29. The summed E-state index contributed by atoms with van der Waals surface area (Å²) in [5.74, 6) is -0.831. The molecule has 1 saturated heterocycles. The number of aliphatic hydroxyl groups is 4. The van der Waals surface area contributed by atoms with E-state index in [2.05, 4.69) is 4.99 Å². The van der Waals surface area contributed by atoms with Gasteiger partial charge in [0.05, 0.1) is 6.61 Å². The van der Waals surface area contributed by atoms with Gasteiger partial charge in [0.15, 0.2) is 17.6 Å². The molecule has 1 rings (SSSR count). The molecule has 1 fully saturated rings. The lowest BCUT2D eigenvalue weighted by molar-refractivity contribution is -0.357. The van der Waals surface area contributed by atoms with Gasteiger partial charge in [0.25, 0.3) is 0 Å². The van der Waals surface area contributed by atoms with Crippen molar-refractivity contribution in [2.75, 3.05) is 6.61 Å². The van der Waals surface area contributed by atoms with E-state index in [4.69, 9.17) is 15.1 Å². The quantitative estimate of drug-likeness (QED) is 0.224. The van der Waals surface area contributed by atoms with E-state index in [0.717, 1.165) is 6.92 Å². The number of carbonyl (C=O) groups is 1. The van der Waals surface area contributed by atoms with Gasteiger partial charge >= 0.3 is 0 Å². The lowest BCUT2D eigenvalue weighted by Crippen LogP contribution is -2.75. The Morgan fingerprint density at radius 1 is 1.47 bits per heavy atom. The Bertz CT molecular complexity index is 287. The third-order valence-corrected chi connectivity index (χ3v) is 2.84. The van der Waals surface area contributed by atoms with Gasteiger partial charge in [-0.1, -0.05) is 0 Å². The Morgan fingerprint density at radius 2 is 2.06 bits per heavy atom. The highest BCUT2D eigenvalue weighted by Gasteiger charge is 2.59. The van der Waals surface area contributed by atoms with Gasteiger partial charge in [-0.05, 0) is 6.92 Å². The molecule has 100 valence electrons. The summed E-state index contributed by atoms with van der Waals surface area (Å²) in [6, 6.07) is 0. The van der Waals surface area contributed by atoms with Crippen molar-refractivity contribution in [1.82, 2.24) is 5.48 Å². The molecule has 17 heavy (non-hydrogen) atoms. The van der Waals surface area contributed by atoms with Gasteiger partial charge in [-0.15, -0.1) is 10.5 Å². The van der Waals surface area contributed by atoms with E-state index in [0.29, 0.717) is 0 Å². The smallest absolute Gasteiger partial charge is 0.185 e. The third kappa shape index (κ3) is 2.19. The van der Waals surface area contributed by atoms with Crippen LogP contribution in [-0.2, 0) is 14.5 Å².